The number of benzene rings is 2. The maximum absolute atomic E-state index is 12.6. The van der Waals surface area contributed by atoms with Gasteiger partial charge in [-0.05, 0) is 37.3 Å². The highest BCUT2D eigenvalue weighted by atomic mass is 35.5. The molecule has 1 heterocycles. The number of nitrogen functional groups attached to an aromatic ring is 1. The van der Waals surface area contributed by atoms with E-state index in [4.69, 9.17) is 28.9 Å². The van der Waals surface area contributed by atoms with E-state index in [1.54, 1.807) is 18.2 Å². The van der Waals surface area contributed by atoms with Crippen LogP contribution in [-0.2, 0) is 10.0 Å². The van der Waals surface area contributed by atoms with E-state index in [1.807, 2.05) is 18.4 Å². The second-order valence-electron chi connectivity index (χ2n) is 5.41. The molecule has 4 N–H and O–H groups in total. The number of aryl methyl sites for hydroxylation is 1. The molecule has 26 heavy (non-hydrogen) atoms. The Hall–Kier alpha value is -2.00. The van der Waals surface area contributed by atoms with Crippen molar-refractivity contribution in [1.82, 2.24) is 4.98 Å². The molecular weight excluding hydrogens is 415 g/mol. The number of rotatable bonds is 5. The first-order valence-corrected chi connectivity index (χ1v) is 10.4. The summed E-state index contributed by atoms with van der Waals surface area (Å²) < 4.78 is 27.7. The summed E-state index contributed by atoms with van der Waals surface area (Å²) in [5.41, 5.74) is 7.78. The van der Waals surface area contributed by atoms with Gasteiger partial charge in [0.15, 0.2) is 5.13 Å². The molecule has 3 aromatic rings. The molecule has 1 aromatic heterocycles. The third-order valence-corrected chi connectivity index (χ3v) is 6.21. The summed E-state index contributed by atoms with van der Waals surface area (Å²) in [6.07, 6.45) is 0. The molecule has 2 aromatic carbocycles. The van der Waals surface area contributed by atoms with Gasteiger partial charge in [-0.1, -0.05) is 29.3 Å². The summed E-state index contributed by atoms with van der Waals surface area (Å²) in [6, 6.07) is 9.34. The van der Waals surface area contributed by atoms with Crippen LogP contribution in [0.25, 0.3) is 0 Å². The Labute approximate surface area is 165 Å². The molecule has 136 valence electrons. The molecule has 0 atom stereocenters. The van der Waals surface area contributed by atoms with Gasteiger partial charge in [-0.15, -0.1) is 11.3 Å². The van der Waals surface area contributed by atoms with Crippen molar-refractivity contribution in [2.24, 2.45) is 0 Å². The van der Waals surface area contributed by atoms with Crippen molar-refractivity contribution in [3.63, 3.8) is 0 Å². The number of hydrogen-bond donors (Lipinski definition) is 3. The third-order valence-electron chi connectivity index (χ3n) is 3.35. The monoisotopic (exact) mass is 428 g/mol. The van der Waals surface area contributed by atoms with Gasteiger partial charge >= 0.3 is 0 Å². The number of hydrogen-bond acceptors (Lipinski definition) is 6. The van der Waals surface area contributed by atoms with Crippen LogP contribution in [0.15, 0.2) is 46.7 Å². The molecule has 0 saturated carbocycles. The van der Waals surface area contributed by atoms with Crippen LogP contribution in [0.5, 0.6) is 0 Å². The summed E-state index contributed by atoms with van der Waals surface area (Å²) in [5, 5.41) is 5.92. The molecule has 0 aliphatic carbocycles. The zero-order valence-electron chi connectivity index (χ0n) is 13.5. The van der Waals surface area contributed by atoms with Crippen molar-refractivity contribution < 1.29 is 8.42 Å². The molecular formula is C16H14Cl2N4O2S2. The minimum absolute atomic E-state index is 0.0735. The number of thiazole rings is 1. The van der Waals surface area contributed by atoms with Crippen LogP contribution in [0.4, 0.5) is 22.2 Å². The smallest absolute Gasteiger partial charge is 0.262 e. The van der Waals surface area contributed by atoms with Crippen molar-refractivity contribution >= 4 is 66.8 Å². The zero-order valence-corrected chi connectivity index (χ0v) is 16.6. The second kappa shape index (κ2) is 7.32. The number of halogens is 2. The minimum atomic E-state index is -3.88. The number of aromatic nitrogens is 1. The highest BCUT2D eigenvalue weighted by Crippen LogP contribution is 2.32. The largest absolute Gasteiger partial charge is 0.396 e. The van der Waals surface area contributed by atoms with E-state index in [9.17, 15) is 8.42 Å². The lowest BCUT2D eigenvalue weighted by atomic mass is 10.3. The Bertz CT molecular complexity index is 1040. The molecule has 0 aliphatic heterocycles. The first kappa shape index (κ1) is 18.8. The average Bonchev–Trinajstić information content (AvgIpc) is 2.97. The van der Waals surface area contributed by atoms with Gasteiger partial charge in [-0.2, -0.15) is 0 Å². The SMILES string of the molecule is Cc1csc(Nc2cccc(NS(=O)(=O)c3cc(Cl)c(N)c(Cl)c3)c2)n1. The average molecular weight is 429 g/mol. The van der Waals surface area contributed by atoms with E-state index in [1.165, 1.54) is 23.5 Å². The molecule has 0 radical (unpaired) electrons. The van der Waals surface area contributed by atoms with Crippen molar-refractivity contribution in [3.8, 4) is 0 Å². The van der Waals surface area contributed by atoms with E-state index < -0.39 is 10.0 Å². The maximum atomic E-state index is 12.6. The minimum Gasteiger partial charge on any atom is -0.396 e. The van der Waals surface area contributed by atoms with E-state index in [2.05, 4.69) is 15.0 Å². The zero-order chi connectivity index (χ0) is 18.9. The molecule has 0 spiro atoms. The second-order valence-corrected chi connectivity index (χ2v) is 8.76. The third kappa shape index (κ3) is 4.21. The lowest BCUT2D eigenvalue weighted by molar-refractivity contribution is 0.601. The van der Waals surface area contributed by atoms with E-state index >= 15 is 0 Å². The van der Waals surface area contributed by atoms with E-state index in [-0.39, 0.29) is 20.6 Å². The standard InChI is InChI=1S/C16H14Cl2N4O2S2/c1-9-8-25-16(20-9)21-10-3-2-4-11(5-10)22-26(23,24)12-6-13(17)15(19)14(18)7-12/h2-8,22H,19H2,1H3,(H,20,21). The summed E-state index contributed by atoms with van der Waals surface area (Å²) in [4.78, 5) is 4.24. The summed E-state index contributed by atoms with van der Waals surface area (Å²) in [7, 11) is -3.88. The first-order valence-electron chi connectivity index (χ1n) is 7.31. The fraction of sp³-hybridized carbons (Fsp3) is 0.0625. The summed E-state index contributed by atoms with van der Waals surface area (Å²) in [5.74, 6) is 0. The predicted molar refractivity (Wildman–Crippen MR) is 108 cm³/mol. The van der Waals surface area contributed by atoms with Gasteiger partial charge < -0.3 is 11.1 Å². The Morgan fingerprint density at radius 3 is 2.38 bits per heavy atom. The number of anilines is 4. The predicted octanol–water partition coefficient (Wildman–Crippen LogP) is 4.88. The Kier molecular flexibility index (Phi) is 5.29. The van der Waals surface area contributed by atoms with E-state index in [0.717, 1.165) is 10.8 Å². The van der Waals surface area contributed by atoms with Gasteiger partial charge in [0.1, 0.15) is 0 Å². The number of nitrogens with one attached hydrogen (secondary N) is 2. The van der Waals surface area contributed by atoms with Gasteiger partial charge in [0.2, 0.25) is 0 Å². The van der Waals surface area contributed by atoms with Crippen LogP contribution in [0.1, 0.15) is 5.69 Å². The molecule has 0 saturated heterocycles. The molecule has 0 aliphatic rings. The quantitative estimate of drug-likeness (QED) is 0.502. The Morgan fingerprint density at radius 1 is 1.12 bits per heavy atom. The number of sulfonamides is 1. The Morgan fingerprint density at radius 2 is 1.77 bits per heavy atom. The summed E-state index contributed by atoms with van der Waals surface area (Å²) in [6.45, 7) is 1.90. The highest BCUT2D eigenvalue weighted by molar-refractivity contribution is 7.92. The van der Waals surface area contributed by atoms with Crippen molar-refractivity contribution in [3.05, 3.63) is 57.5 Å². The lowest BCUT2D eigenvalue weighted by Crippen LogP contribution is -2.13. The topological polar surface area (TPSA) is 97.1 Å². The molecule has 0 bridgehead atoms. The molecule has 10 heteroatoms. The molecule has 0 amide bonds. The van der Waals surface area contributed by atoms with Crippen LogP contribution in [0, 0.1) is 6.92 Å². The van der Waals surface area contributed by atoms with Crippen molar-refractivity contribution in [2.45, 2.75) is 11.8 Å². The van der Waals surface area contributed by atoms with Gasteiger partial charge in [0.05, 0.1) is 32.0 Å². The maximum Gasteiger partial charge on any atom is 0.262 e. The highest BCUT2D eigenvalue weighted by Gasteiger charge is 2.18. The van der Waals surface area contributed by atoms with Crippen LogP contribution in [0.2, 0.25) is 10.0 Å². The van der Waals surface area contributed by atoms with Crippen molar-refractivity contribution in [1.29, 1.82) is 0 Å². The van der Waals surface area contributed by atoms with Crippen LogP contribution >= 0.6 is 34.5 Å². The first-order chi connectivity index (χ1) is 12.2. The Balaban J connectivity index is 1.85. The molecule has 0 unspecified atom stereocenters. The normalized spacial score (nSPS) is 11.3. The fourth-order valence-corrected chi connectivity index (χ4v) is 4.55. The van der Waals surface area contributed by atoms with Gasteiger partial charge in [0.25, 0.3) is 10.0 Å². The van der Waals surface area contributed by atoms with Gasteiger partial charge in [-0.25, -0.2) is 13.4 Å². The number of nitrogens with two attached hydrogens (primary N) is 1. The number of nitrogens with zero attached hydrogens (tertiary/aromatic N) is 1. The van der Waals surface area contributed by atoms with Crippen LogP contribution < -0.4 is 15.8 Å². The van der Waals surface area contributed by atoms with E-state index in [0.29, 0.717) is 11.4 Å². The fourth-order valence-electron chi connectivity index (χ4n) is 2.13. The van der Waals surface area contributed by atoms with Crippen LogP contribution in [-0.4, -0.2) is 13.4 Å². The lowest BCUT2D eigenvalue weighted by Gasteiger charge is -2.11. The molecule has 3 rings (SSSR count). The van der Waals surface area contributed by atoms with Crippen LogP contribution in [0.3, 0.4) is 0 Å². The molecule has 0 fully saturated rings. The van der Waals surface area contributed by atoms with Gasteiger partial charge in [0, 0.05) is 11.1 Å². The molecule has 6 nitrogen and oxygen atoms in total. The van der Waals surface area contributed by atoms with Gasteiger partial charge in [-0.3, -0.25) is 4.72 Å². The summed E-state index contributed by atoms with van der Waals surface area (Å²) >= 11 is 13.3. The van der Waals surface area contributed by atoms with Crippen molar-refractivity contribution in [2.75, 3.05) is 15.8 Å².